The van der Waals surface area contributed by atoms with Crippen molar-refractivity contribution < 1.29 is 23.4 Å². The highest BCUT2D eigenvalue weighted by Gasteiger charge is 2.37. The van der Waals surface area contributed by atoms with Crippen molar-refractivity contribution in [3.05, 3.63) is 60.6 Å². The Kier molecular flexibility index (Phi) is 6.56. The molecule has 2 aliphatic rings. The number of nitrogens with one attached hydrogen (secondary N) is 1. The van der Waals surface area contributed by atoms with Crippen LogP contribution in [0.4, 0.5) is 26.5 Å². The fourth-order valence-electron chi connectivity index (χ4n) is 5.30. The maximum atomic E-state index is 15.4. The van der Waals surface area contributed by atoms with Gasteiger partial charge in [-0.15, -0.1) is 0 Å². The van der Waals surface area contributed by atoms with Crippen molar-refractivity contribution in [3.63, 3.8) is 0 Å². The first-order chi connectivity index (χ1) is 21.1. The van der Waals surface area contributed by atoms with Crippen LogP contribution in [0.5, 0.6) is 17.2 Å². The second-order valence-electron chi connectivity index (χ2n) is 11.7. The lowest BCUT2D eigenvalue weighted by Gasteiger charge is -2.39. The van der Waals surface area contributed by atoms with Gasteiger partial charge in [0.15, 0.2) is 23.0 Å². The summed E-state index contributed by atoms with van der Waals surface area (Å²) in [6.07, 6.45) is 4.20. The number of piperazine rings is 1. The number of pyridine rings is 2. The topological polar surface area (TPSA) is 132 Å². The summed E-state index contributed by atoms with van der Waals surface area (Å²) >= 11 is 0. The number of halogens is 1. The van der Waals surface area contributed by atoms with E-state index in [9.17, 15) is 4.79 Å². The summed E-state index contributed by atoms with van der Waals surface area (Å²) in [6.45, 7) is 9.19. The molecule has 44 heavy (non-hydrogen) atoms. The molecule has 1 atom stereocenters. The Balaban J connectivity index is 1.14. The molecule has 13 nitrogen and oxygen atoms in total. The second kappa shape index (κ2) is 10.5. The van der Waals surface area contributed by atoms with Crippen molar-refractivity contribution in [2.24, 2.45) is 0 Å². The first-order valence-corrected chi connectivity index (χ1v) is 14.2. The van der Waals surface area contributed by atoms with Gasteiger partial charge in [-0.2, -0.15) is 5.10 Å². The quantitative estimate of drug-likeness (QED) is 0.303. The minimum Gasteiger partial charge on any atom is -0.487 e. The molecular weight excluding hydrogens is 569 g/mol. The van der Waals surface area contributed by atoms with Gasteiger partial charge in [-0.05, 0) is 45.4 Å². The van der Waals surface area contributed by atoms with Gasteiger partial charge in [0, 0.05) is 44.0 Å². The maximum Gasteiger partial charge on any atom is 0.410 e. The number of amides is 1. The Morgan fingerprint density at radius 3 is 2.82 bits per heavy atom. The predicted molar refractivity (Wildman–Crippen MR) is 159 cm³/mol. The van der Waals surface area contributed by atoms with Crippen molar-refractivity contribution in [1.29, 1.82) is 0 Å². The number of carbonyl (C=O) groups is 1. The van der Waals surface area contributed by atoms with Crippen LogP contribution in [-0.2, 0) is 4.74 Å². The summed E-state index contributed by atoms with van der Waals surface area (Å²) in [5, 5.41) is 7.17. The number of anilines is 3. The number of fused-ring (bicyclic) bond motifs is 6. The van der Waals surface area contributed by atoms with Gasteiger partial charge < -0.3 is 24.4 Å². The van der Waals surface area contributed by atoms with Crippen LogP contribution in [0.15, 0.2) is 49.2 Å². The normalized spacial score (nSPS) is 16.3. The molecule has 1 fully saturated rings. The van der Waals surface area contributed by atoms with Crippen LogP contribution < -0.4 is 19.7 Å². The van der Waals surface area contributed by atoms with Gasteiger partial charge in [-0.3, -0.25) is 4.90 Å². The zero-order valence-corrected chi connectivity index (χ0v) is 24.6. The van der Waals surface area contributed by atoms with Gasteiger partial charge in [0.25, 0.3) is 0 Å². The van der Waals surface area contributed by atoms with E-state index in [0.717, 1.165) is 0 Å². The number of hydrogen-bond donors (Lipinski definition) is 1. The summed E-state index contributed by atoms with van der Waals surface area (Å²) in [7, 11) is 0. The van der Waals surface area contributed by atoms with Crippen molar-refractivity contribution in [2.75, 3.05) is 36.5 Å². The first kappa shape index (κ1) is 27.6. The van der Waals surface area contributed by atoms with E-state index in [2.05, 4.69) is 30.3 Å². The molecule has 4 aromatic heterocycles. The van der Waals surface area contributed by atoms with E-state index in [1.807, 2.05) is 27.7 Å². The maximum absolute atomic E-state index is 15.4. The monoisotopic (exact) mass is 599 g/mol. The highest BCUT2D eigenvalue weighted by atomic mass is 19.1. The highest BCUT2D eigenvalue weighted by Crippen LogP contribution is 2.37. The van der Waals surface area contributed by atoms with Crippen molar-refractivity contribution in [3.8, 4) is 17.2 Å². The van der Waals surface area contributed by atoms with Crippen molar-refractivity contribution >= 4 is 40.1 Å². The third-order valence-corrected chi connectivity index (χ3v) is 7.40. The number of benzene rings is 1. The van der Waals surface area contributed by atoms with E-state index in [1.54, 1.807) is 39.9 Å². The minimum absolute atomic E-state index is 0.210. The number of carbonyl (C=O) groups excluding carboxylic acids is 1. The summed E-state index contributed by atoms with van der Waals surface area (Å²) in [5.41, 5.74) is 1.93. The Morgan fingerprint density at radius 1 is 1.11 bits per heavy atom. The average Bonchev–Trinajstić information content (AvgIpc) is 3.40. The SMILES string of the molecule is Cc1cc(Nc2ncnc3cc4c(nc23)N2CCN(C(=O)OC(C)(C)C)[C@H](CO4)C2)c(F)cc1Oc1ccn2ncnc2c1. The number of aryl methyl sites for hydroxylation is 1. The number of nitrogens with zero attached hydrogens (tertiary/aromatic N) is 8. The van der Waals surface area contributed by atoms with E-state index < -0.39 is 11.4 Å². The molecule has 14 heteroatoms. The molecule has 6 heterocycles. The van der Waals surface area contributed by atoms with Gasteiger partial charge in [-0.25, -0.2) is 33.6 Å². The molecule has 0 aliphatic carbocycles. The number of aromatic nitrogens is 6. The van der Waals surface area contributed by atoms with Crippen molar-refractivity contribution in [2.45, 2.75) is 39.3 Å². The zero-order valence-electron chi connectivity index (χ0n) is 24.6. The molecule has 1 amide bonds. The van der Waals surface area contributed by atoms with E-state index in [0.29, 0.717) is 70.8 Å². The van der Waals surface area contributed by atoms with Gasteiger partial charge in [0.05, 0.1) is 17.2 Å². The second-order valence-corrected chi connectivity index (χ2v) is 11.7. The number of hydrogen-bond acceptors (Lipinski definition) is 11. The fourth-order valence-corrected chi connectivity index (χ4v) is 5.30. The largest absolute Gasteiger partial charge is 0.487 e. The lowest BCUT2D eigenvalue weighted by Crippen LogP contribution is -2.57. The van der Waals surface area contributed by atoms with Crippen LogP contribution in [0.25, 0.3) is 16.7 Å². The lowest BCUT2D eigenvalue weighted by molar-refractivity contribution is 0.00974. The van der Waals surface area contributed by atoms with Gasteiger partial charge in [0.2, 0.25) is 0 Å². The molecule has 2 aliphatic heterocycles. The molecule has 2 bridgehead atoms. The Labute approximate surface area is 251 Å². The van der Waals surface area contributed by atoms with E-state index in [4.69, 9.17) is 19.2 Å². The van der Waals surface area contributed by atoms with Crippen LogP contribution in [0, 0.1) is 12.7 Å². The number of ether oxygens (including phenoxy) is 3. The molecule has 5 aromatic rings. The standard InChI is InChI=1S/C30H30FN9O4/c1-17-9-21(20(31)11-23(17)43-19-5-6-40-25(10-19)33-16-35-40)36-27-26-22(32-15-34-27)12-24-28(37-26)38-7-8-39(18(13-38)14-42-24)29(41)44-30(2,3)4/h5-6,9-12,15-16,18H,7-8,13-14H2,1-4H3,(H,32,34,36)/t18-/m0/s1. The molecule has 226 valence electrons. The van der Waals surface area contributed by atoms with Crippen molar-refractivity contribution in [1.82, 2.24) is 34.4 Å². The Bertz CT molecular complexity index is 1910. The molecule has 0 spiro atoms. The summed E-state index contributed by atoms with van der Waals surface area (Å²) in [4.78, 5) is 34.5. The van der Waals surface area contributed by atoms with Crippen LogP contribution in [0.3, 0.4) is 0 Å². The average molecular weight is 600 g/mol. The Hall–Kier alpha value is -5.27. The molecule has 0 saturated carbocycles. The summed E-state index contributed by atoms with van der Waals surface area (Å²) in [5.74, 6) is 1.87. The van der Waals surface area contributed by atoms with Crippen LogP contribution in [-0.4, -0.2) is 78.4 Å². The van der Waals surface area contributed by atoms with Gasteiger partial charge >= 0.3 is 6.09 Å². The van der Waals surface area contributed by atoms with E-state index >= 15 is 4.39 Å². The Morgan fingerprint density at radius 2 is 1.98 bits per heavy atom. The fraction of sp³-hybridized carbons (Fsp3) is 0.333. The summed E-state index contributed by atoms with van der Waals surface area (Å²) in [6, 6.07) is 8.02. The predicted octanol–water partition coefficient (Wildman–Crippen LogP) is 4.87. The number of rotatable bonds is 4. The molecular formula is C30H30FN9O4. The van der Waals surface area contributed by atoms with Crippen LogP contribution >= 0.6 is 0 Å². The van der Waals surface area contributed by atoms with E-state index in [1.165, 1.54) is 18.7 Å². The van der Waals surface area contributed by atoms with Crippen LogP contribution in [0.1, 0.15) is 26.3 Å². The molecule has 0 unspecified atom stereocenters. The van der Waals surface area contributed by atoms with Crippen LogP contribution in [0.2, 0.25) is 0 Å². The smallest absolute Gasteiger partial charge is 0.410 e. The molecule has 1 saturated heterocycles. The molecule has 7 rings (SSSR count). The molecule has 0 radical (unpaired) electrons. The third kappa shape index (κ3) is 5.23. The zero-order chi connectivity index (χ0) is 30.6. The summed E-state index contributed by atoms with van der Waals surface area (Å²) < 4.78 is 34.7. The molecule has 1 aromatic carbocycles. The van der Waals surface area contributed by atoms with E-state index in [-0.39, 0.29) is 24.4 Å². The van der Waals surface area contributed by atoms with Gasteiger partial charge in [0.1, 0.15) is 47.7 Å². The molecule has 1 N–H and O–H groups in total. The first-order valence-electron chi connectivity index (χ1n) is 14.2. The third-order valence-electron chi connectivity index (χ3n) is 7.40. The lowest BCUT2D eigenvalue weighted by atomic mass is 10.1. The minimum atomic E-state index is -0.594. The highest BCUT2D eigenvalue weighted by molar-refractivity contribution is 5.90. The van der Waals surface area contributed by atoms with Gasteiger partial charge in [-0.1, -0.05) is 0 Å².